The summed E-state index contributed by atoms with van der Waals surface area (Å²) in [5, 5.41) is 0.466. The molecule has 0 bridgehead atoms. The minimum absolute atomic E-state index is 0.179. The number of rotatable bonds is 3. The van der Waals surface area contributed by atoms with Gasteiger partial charge in [-0.25, -0.2) is 9.37 Å². The second kappa shape index (κ2) is 5.21. The van der Waals surface area contributed by atoms with Crippen LogP contribution in [0.2, 0.25) is 5.02 Å². The minimum Gasteiger partial charge on any atom is -0.383 e. The number of hydrogen-bond donors (Lipinski definition) is 1. The molecule has 2 rings (SSSR count). The maximum absolute atomic E-state index is 13.9. The smallest absolute Gasteiger partial charge is 0.132 e. The van der Waals surface area contributed by atoms with Gasteiger partial charge in [-0.05, 0) is 32.0 Å². The summed E-state index contributed by atoms with van der Waals surface area (Å²) in [6.45, 7) is 6.05. The number of halogens is 2. The van der Waals surface area contributed by atoms with E-state index in [1.807, 2.05) is 25.3 Å². The van der Waals surface area contributed by atoms with Crippen LogP contribution in [0.1, 0.15) is 32.6 Å². The molecule has 0 saturated heterocycles. The lowest BCUT2D eigenvalue weighted by atomic mass is 10.1. The van der Waals surface area contributed by atoms with Crippen molar-refractivity contribution < 1.29 is 4.39 Å². The van der Waals surface area contributed by atoms with Crippen LogP contribution in [0.25, 0.3) is 11.3 Å². The molecule has 0 aliphatic carbocycles. The molecule has 0 atom stereocenters. The third kappa shape index (κ3) is 2.45. The van der Waals surface area contributed by atoms with Gasteiger partial charge in [0.05, 0.1) is 0 Å². The van der Waals surface area contributed by atoms with Crippen LogP contribution in [0.3, 0.4) is 0 Å². The molecule has 19 heavy (non-hydrogen) atoms. The Morgan fingerprint density at radius 2 is 2.11 bits per heavy atom. The summed E-state index contributed by atoms with van der Waals surface area (Å²) in [7, 11) is 0. The normalized spacial score (nSPS) is 11.3. The van der Waals surface area contributed by atoms with Crippen molar-refractivity contribution in [3.63, 3.8) is 0 Å². The highest BCUT2D eigenvalue weighted by atomic mass is 35.5. The zero-order valence-corrected chi connectivity index (χ0v) is 12.0. The Bertz CT molecular complexity index is 605. The predicted molar refractivity (Wildman–Crippen MR) is 76.8 cm³/mol. The fraction of sp³-hybridized carbons (Fsp3) is 0.357. The topological polar surface area (TPSA) is 43.8 Å². The van der Waals surface area contributed by atoms with E-state index in [-0.39, 0.29) is 11.9 Å². The third-order valence-corrected chi connectivity index (χ3v) is 3.27. The Morgan fingerprint density at radius 1 is 1.42 bits per heavy atom. The fourth-order valence-electron chi connectivity index (χ4n) is 2.20. The number of nitrogen functional groups attached to an aromatic ring is 1. The number of imidazole rings is 1. The summed E-state index contributed by atoms with van der Waals surface area (Å²) in [6, 6.07) is 4.58. The Hall–Kier alpha value is -1.55. The molecule has 0 aliphatic rings. The summed E-state index contributed by atoms with van der Waals surface area (Å²) in [4.78, 5) is 4.46. The first-order valence-electron chi connectivity index (χ1n) is 6.27. The van der Waals surface area contributed by atoms with E-state index in [1.165, 1.54) is 12.1 Å². The van der Waals surface area contributed by atoms with E-state index in [0.29, 0.717) is 22.1 Å². The van der Waals surface area contributed by atoms with Gasteiger partial charge in [-0.2, -0.15) is 0 Å². The molecule has 1 aromatic heterocycles. The molecule has 2 N–H and O–H groups in total. The van der Waals surface area contributed by atoms with E-state index in [4.69, 9.17) is 17.3 Å². The van der Waals surface area contributed by atoms with Crippen molar-refractivity contribution >= 4 is 17.4 Å². The SMILES string of the molecule is CCc1nc(-c2cc(Cl)ccc2F)c(N)n1C(C)C. The average molecular weight is 282 g/mol. The number of aryl methyl sites for hydroxylation is 1. The molecule has 1 aromatic carbocycles. The molecule has 0 aliphatic heterocycles. The Labute approximate surface area is 117 Å². The highest BCUT2D eigenvalue weighted by Gasteiger charge is 2.19. The maximum Gasteiger partial charge on any atom is 0.132 e. The molecule has 0 saturated carbocycles. The fourth-order valence-corrected chi connectivity index (χ4v) is 2.37. The number of benzene rings is 1. The number of nitrogens with zero attached hydrogens (tertiary/aromatic N) is 2. The first-order chi connectivity index (χ1) is 8.95. The largest absolute Gasteiger partial charge is 0.383 e. The van der Waals surface area contributed by atoms with Gasteiger partial charge in [0.25, 0.3) is 0 Å². The molecule has 1 heterocycles. The summed E-state index contributed by atoms with van der Waals surface area (Å²) in [6.07, 6.45) is 0.741. The first-order valence-corrected chi connectivity index (χ1v) is 6.65. The Morgan fingerprint density at radius 3 is 2.63 bits per heavy atom. The zero-order valence-electron chi connectivity index (χ0n) is 11.2. The van der Waals surface area contributed by atoms with Gasteiger partial charge in [-0.15, -0.1) is 0 Å². The molecule has 5 heteroatoms. The second-order valence-electron chi connectivity index (χ2n) is 4.70. The van der Waals surface area contributed by atoms with Gasteiger partial charge >= 0.3 is 0 Å². The van der Waals surface area contributed by atoms with E-state index in [2.05, 4.69) is 4.98 Å². The van der Waals surface area contributed by atoms with Gasteiger partial charge in [0.15, 0.2) is 0 Å². The maximum atomic E-state index is 13.9. The van der Waals surface area contributed by atoms with E-state index in [1.54, 1.807) is 6.07 Å². The summed E-state index contributed by atoms with van der Waals surface area (Å²) < 4.78 is 15.8. The summed E-state index contributed by atoms with van der Waals surface area (Å²) in [5.41, 5.74) is 6.93. The van der Waals surface area contributed by atoms with Crippen molar-refractivity contribution in [2.75, 3.05) is 5.73 Å². The standard InChI is InChI=1S/C14H17ClFN3/c1-4-12-18-13(14(17)19(12)8(2)3)10-7-9(15)5-6-11(10)16/h5-8H,4,17H2,1-3H3. The molecule has 0 radical (unpaired) electrons. The van der Waals surface area contributed by atoms with Gasteiger partial charge in [0.2, 0.25) is 0 Å². The van der Waals surface area contributed by atoms with Crippen molar-refractivity contribution in [2.24, 2.45) is 0 Å². The lowest BCUT2D eigenvalue weighted by Gasteiger charge is -2.12. The quantitative estimate of drug-likeness (QED) is 0.922. The Balaban J connectivity index is 2.66. The van der Waals surface area contributed by atoms with Crippen LogP contribution in [0, 0.1) is 5.82 Å². The molecular weight excluding hydrogens is 265 g/mol. The van der Waals surface area contributed by atoms with Crippen molar-refractivity contribution in [3.05, 3.63) is 34.9 Å². The van der Waals surface area contributed by atoms with Gasteiger partial charge in [0, 0.05) is 23.0 Å². The van der Waals surface area contributed by atoms with E-state index in [0.717, 1.165) is 12.2 Å². The lowest BCUT2D eigenvalue weighted by Crippen LogP contribution is -2.09. The van der Waals surface area contributed by atoms with Crippen molar-refractivity contribution in [3.8, 4) is 11.3 Å². The predicted octanol–water partition coefficient (Wildman–Crippen LogP) is 4.07. The van der Waals surface area contributed by atoms with E-state index >= 15 is 0 Å². The third-order valence-electron chi connectivity index (χ3n) is 3.04. The molecule has 0 fully saturated rings. The lowest BCUT2D eigenvalue weighted by molar-refractivity contribution is 0.579. The highest BCUT2D eigenvalue weighted by Crippen LogP contribution is 2.32. The summed E-state index contributed by atoms with van der Waals surface area (Å²) in [5.74, 6) is 0.960. The van der Waals surface area contributed by atoms with Crippen molar-refractivity contribution in [1.82, 2.24) is 9.55 Å². The molecule has 102 valence electrons. The molecule has 0 amide bonds. The van der Waals surface area contributed by atoms with Crippen LogP contribution in [0.5, 0.6) is 0 Å². The average Bonchev–Trinajstić information content (AvgIpc) is 2.69. The van der Waals surface area contributed by atoms with Gasteiger partial charge in [-0.3, -0.25) is 0 Å². The molecule has 2 aromatic rings. The van der Waals surface area contributed by atoms with Gasteiger partial charge in [-0.1, -0.05) is 18.5 Å². The van der Waals surface area contributed by atoms with Gasteiger partial charge < -0.3 is 10.3 Å². The van der Waals surface area contributed by atoms with E-state index < -0.39 is 0 Å². The molecule has 0 spiro atoms. The van der Waals surface area contributed by atoms with Crippen LogP contribution in [0.15, 0.2) is 18.2 Å². The molecule has 0 unspecified atom stereocenters. The zero-order chi connectivity index (χ0) is 14.2. The summed E-state index contributed by atoms with van der Waals surface area (Å²) >= 11 is 5.92. The molecule has 3 nitrogen and oxygen atoms in total. The van der Waals surface area contributed by atoms with Gasteiger partial charge in [0.1, 0.15) is 23.2 Å². The van der Waals surface area contributed by atoms with Crippen LogP contribution >= 0.6 is 11.6 Å². The highest BCUT2D eigenvalue weighted by molar-refractivity contribution is 6.30. The second-order valence-corrected chi connectivity index (χ2v) is 5.14. The monoisotopic (exact) mass is 281 g/mol. The van der Waals surface area contributed by atoms with Crippen LogP contribution in [-0.2, 0) is 6.42 Å². The van der Waals surface area contributed by atoms with Crippen LogP contribution in [0.4, 0.5) is 10.2 Å². The first kappa shape index (κ1) is 13.9. The molecular formula is C14H17ClFN3. The van der Waals surface area contributed by atoms with Crippen LogP contribution in [-0.4, -0.2) is 9.55 Å². The number of anilines is 1. The van der Waals surface area contributed by atoms with Crippen molar-refractivity contribution in [2.45, 2.75) is 33.2 Å². The van der Waals surface area contributed by atoms with E-state index in [9.17, 15) is 4.39 Å². The Kier molecular flexibility index (Phi) is 3.80. The van der Waals surface area contributed by atoms with Crippen LogP contribution < -0.4 is 5.73 Å². The van der Waals surface area contributed by atoms with Crippen molar-refractivity contribution in [1.29, 1.82) is 0 Å². The number of hydrogen-bond acceptors (Lipinski definition) is 2. The number of aromatic nitrogens is 2. The number of nitrogens with two attached hydrogens (primary N) is 1. The minimum atomic E-state index is -0.368.